The number of hydrogen-bond donors (Lipinski definition) is 2. The van der Waals surface area contributed by atoms with Crippen LogP contribution in [-0.4, -0.2) is 10.2 Å². The molecular formula is C18H14Br4O3. The van der Waals surface area contributed by atoms with Gasteiger partial charge in [0, 0.05) is 17.0 Å². The van der Waals surface area contributed by atoms with Crippen LogP contribution in [0.1, 0.15) is 42.7 Å². The van der Waals surface area contributed by atoms with E-state index in [0.717, 1.165) is 24.0 Å². The summed E-state index contributed by atoms with van der Waals surface area (Å²) in [4.78, 5) is 0. The fourth-order valence-corrected chi connectivity index (χ4v) is 6.43. The molecule has 132 valence electrons. The van der Waals surface area contributed by atoms with Gasteiger partial charge in [-0.15, -0.1) is 0 Å². The highest BCUT2D eigenvalue weighted by Crippen LogP contribution is 2.59. The molecule has 0 saturated heterocycles. The average Bonchev–Trinajstić information content (AvgIpc) is 3.11. The molecule has 7 heteroatoms. The molecule has 2 aliphatic rings. The Hall–Kier alpha value is -0.240. The van der Waals surface area contributed by atoms with Crippen LogP contribution in [0.5, 0.6) is 23.0 Å². The van der Waals surface area contributed by atoms with Crippen molar-refractivity contribution in [1.29, 1.82) is 0 Å². The molecular weight excluding hydrogens is 584 g/mol. The van der Waals surface area contributed by atoms with Crippen molar-refractivity contribution < 1.29 is 14.9 Å². The summed E-state index contributed by atoms with van der Waals surface area (Å²) in [6, 6.07) is 3.91. The first-order chi connectivity index (χ1) is 11.9. The molecule has 0 radical (unpaired) electrons. The first-order valence-corrected chi connectivity index (χ1v) is 11.2. The number of phenolic OH excluding ortho intramolecular Hbond substituents is 2. The number of ether oxygens (including phenoxy) is 1. The quantitative estimate of drug-likeness (QED) is 0.356. The van der Waals surface area contributed by atoms with Gasteiger partial charge in [0.2, 0.25) is 0 Å². The Morgan fingerprint density at radius 2 is 1.24 bits per heavy atom. The smallest absolute Gasteiger partial charge is 0.149 e. The van der Waals surface area contributed by atoms with E-state index in [2.05, 4.69) is 63.7 Å². The van der Waals surface area contributed by atoms with E-state index in [-0.39, 0.29) is 17.4 Å². The number of benzene rings is 2. The fraction of sp³-hybridized carbons (Fsp3) is 0.333. The number of phenols is 2. The molecule has 0 aromatic heterocycles. The summed E-state index contributed by atoms with van der Waals surface area (Å²) in [7, 11) is 0. The van der Waals surface area contributed by atoms with Crippen molar-refractivity contribution >= 4 is 63.7 Å². The van der Waals surface area contributed by atoms with Crippen LogP contribution >= 0.6 is 63.7 Å². The zero-order valence-corrected chi connectivity index (χ0v) is 19.3. The second kappa shape index (κ2) is 6.73. The SMILES string of the molecule is Oc1c(Br)cc2c(c1Br)Oc1c(cc(Br)c(O)c1Br)C2C1CCCC1. The van der Waals surface area contributed by atoms with Crippen LogP contribution in [0.25, 0.3) is 0 Å². The van der Waals surface area contributed by atoms with Gasteiger partial charge < -0.3 is 14.9 Å². The highest BCUT2D eigenvalue weighted by atomic mass is 79.9. The summed E-state index contributed by atoms with van der Waals surface area (Å²) in [5, 5.41) is 20.6. The summed E-state index contributed by atoms with van der Waals surface area (Å²) in [6.45, 7) is 0. The van der Waals surface area contributed by atoms with E-state index in [1.165, 1.54) is 12.8 Å². The first-order valence-electron chi connectivity index (χ1n) is 7.99. The lowest BCUT2D eigenvalue weighted by Gasteiger charge is -2.34. The third-order valence-electron chi connectivity index (χ3n) is 5.10. The van der Waals surface area contributed by atoms with E-state index >= 15 is 0 Å². The second-order valence-corrected chi connectivity index (χ2v) is 9.80. The summed E-state index contributed by atoms with van der Waals surface area (Å²) in [5.74, 6) is 2.13. The molecule has 1 aliphatic heterocycles. The van der Waals surface area contributed by atoms with Gasteiger partial charge in [-0.2, -0.15) is 0 Å². The topological polar surface area (TPSA) is 49.7 Å². The summed E-state index contributed by atoms with van der Waals surface area (Å²) in [5.41, 5.74) is 2.11. The summed E-state index contributed by atoms with van der Waals surface area (Å²) >= 11 is 13.8. The molecule has 3 nitrogen and oxygen atoms in total. The Bertz CT molecular complexity index is 812. The summed E-state index contributed by atoms with van der Waals surface area (Å²) < 4.78 is 8.49. The zero-order valence-electron chi connectivity index (χ0n) is 13.0. The molecule has 25 heavy (non-hydrogen) atoms. The number of halogens is 4. The predicted molar refractivity (Wildman–Crippen MR) is 111 cm³/mol. The van der Waals surface area contributed by atoms with Gasteiger partial charge in [-0.3, -0.25) is 0 Å². The molecule has 2 aromatic carbocycles. The maximum Gasteiger partial charge on any atom is 0.149 e. The minimum absolute atomic E-state index is 0.116. The molecule has 2 N–H and O–H groups in total. The van der Waals surface area contributed by atoms with E-state index in [9.17, 15) is 10.2 Å². The van der Waals surface area contributed by atoms with E-state index < -0.39 is 0 Å². The van der Waals surface area contributed by atoms with E-state index in [1.54, 1.807) is 0 Å². The Labute approximate surface area is 179 Å². The fourth-order valence-electron chi connectivity index (χ4n) is 3.96. The van der Waals surface area contributed by atoms with Crippen molar-refractivity contribution in [2.45, 2.75) is 31.6 Å². The Balaban J connectivity index is 2.00. The first kappa shape index (κ1) is 18.1. The molecule has 1 aliphatic carbocycles. The minimum Gasteiger partial charge on any atom is -0.505 e. The monoisotopic (exact) mass is 594 g/mol. The van der Waals surface area contributed by atoms with Crippen molar-refractivity contribution in [1.82, 2.24) is 0 Å². The highest BCUT2D eigenvalue weighted by Gasteiger charge is 2.38. The van der Waals surface area contributed by atoms with Crippen molar-refractivity contribution in [2.24, 2.45) is 5.92 Å². The molecule has 2 aromatic rings. The van der Waals surface area contributed by atoms with Crippen molar-refractivity contribution in [2.75, 3.05) is 0 Å². The van der Waals surface area contributed by atoms with Crippen LogP contribution in [0.2, 0.25) is 0 Å². The van der Waals surface area contributed by atoms with Gasteiger partial charge in [-0.05, 0) is 94.6 Å². The molecule has 1 saturated carbocycles. The van der Waals surface area contributed by atoms with E-state index in [0.29, 0.717) is 35.3 Å². The standard InChI is InChI=1S/C18H14Br4O3/c19-10-5-8-12(7-3-1-2-4-7)9-6-11(20)16(24)14(22)18(9)25-17(8)13(21)15(10)23/h5-7,12,23-24H,1-4H2. The minimum atomic E-state index is 0.116. The van der Waals surface area contributed by atoms with Gasteiger partial charge >= 0.3 is 0 Å². The number of fused-ring (bicyclic) bond motifs is 2. The largest absolute Gasteiger partial charge is 0.505 e. The van der Waals surface area contributed by atoms with E-state index in [1.807, 2.05) is 12.1 Å². The zero-order chi connectivity index (χ0) is 17.9. The molecule has 0 bridgehead atoms. The van der Waals surface area contributed by atoms with E-state index in [4.69, 9.17) is 4.74 Å². The average molecular weight is 598 g/mol. The van der Waals surface area contributed by atoms with Gasteiger partial charge in [0.1, 0.15) is 31.9 Å². The lowest BCUT2D eigenvalue weighted by Crippen LogP contribution is -2.18. The third kappa shape index (κ3) is 2.86. The number of aromatic hydroxyl groups is 2. The highest BCUT2D eigenvalue weighted by molar-refractivity contribution is 9.11. The predicted octanol–water partition coefficient (Wildman–Crippen LogP) is 7.58. The number of rotatable bonds is 1. The normalized spacial score (nSPS) is 17.3. The Kier molecular flexibility index (Phi) is 4.88. The van der Waals surface area contributed by atoms with Crippen LogP contribution in [0.4, 0.5) is 0 Å². The van der Waals surface area contributed by atoms with Gasteiger partial charge in [0.25, 0.3) is 0 Å². The maximum absolute atomic E-state index is 10.3. The molecule has 1 heterocycles. The van der Waals surface area contributed by atoms with Gasteiger partial charge in [0.15, 0.2) is 0 Å². The van der Waals surface area contributed by atoms with Gasteiger partial charge in [0.05, 0.1) is 8.95 Å². The van der Waals surface area contributed by atoms with Crippen LogP contribution in [0.3, 0.4) is 0 Å². The van der Waals surface area contributed by atoms with Gasteiger partial charge in [-0.1, -0.05) is 12.8 Å². The van der Waals surface area contributed by atoms with Crippen molar-refractivity contribution in [3.63, 3.8) is 0 Å². The van der Waals surface area contributed by atoms with Crippen LogP contribution < -0.4 is 4.74 Å². The third-order valence-corrected chi connectivity index (χ3v) is 7.78. The molecule has 0 spiro atoms. The van der Waals surface area contributed by atoms with Crippen molar-refractivity contribution in [3.05, 3.63) is 41.2 Å². The van der Waals surface area contributed by atoms with Crippen molar-refractivity contribution in [3.8, 4) is 23.0 Å². The summed E-state index contributed by atoms with van der Waals surface area (Å²) in [6.07, 6.45) is 4.78. The Morgan fingerprint density at radius 1 is 0.800 bits per heavy atom. The van der Waals surface area contributed by atoms with Crippen LogP contribution in [0, 0.1) is 5.92 Å². The van der Waals surface area contributed by atoms with Crippen LogP contribution in [-0.2, 0) is 0 Å². The lowest BCUT2D eigenvalue weighted by molar-refractivity contribution is 0.383. The molecule has 0 atom stereocenters. The Morgan fingerprint density at radius 3 is 1.68 bits per heavy atom. The maximum atomic E-state index is 10.3. The molecule has 0 unspecified atom stereocenters. The number of hydrogen-bond acceptors (Lipinski definition) is 3. The molecule has 4 rings (SSSR count). The molecule has 1 fully saturated rings. The van der Waals surface area contributed by atoms with Crippen LogP contribution in [0.15, 0.2) is 30.0 Å². The van der Waals surface area contributed by atoms with Gasteiger partial charge in [-0.25, -0.2) is 0 Å². The lowest BCUT2D eigenvalue weighted by atomic mass is 9.78. The second-order valence-electron chi connectivity index (χ2n) is 6.50. The molecule has 0 amide bonds.